The van der Waals surface area contributed by atoms with Crippen LogP contribution in [0, 0.1) is 17.8 Å². The van der Waals surface area contributed by atoms with E-state index < -0.39 is 23.8 Å². The summed E-state index contributed by atoms with van der Waals surface area (Å²) in [6, 6.07) is 19.5. The molecule has 1 heterocycles. The average Bonchev–Trinajstić information content (AvgIpc) is 2.96. The van der Waals surface area contributed by atoms with Crippen LogP contribution in [0.5, 0.6) is 17.2 Å². The number of aromatic hydroxyl groups is 1. The standard InChI is InChI=1S/C33H41NO6/c1-7-23(8-2)32(40-26-16-14-25(15-17-26)24-12-10-9-11-13-24)22(5)39-33(37)27(21(3)4)20-28(35)30-31(36)29(38-6)18-19-34-30/h9-19,21-23,27,32,36H,7-8,20H2,1-6H3/t22-,27-,32-/m0/s1. The summed E-state index contributed by atoms with van der Waals surface area (Å²) in [7, 11) is 1.40. The Hall–Kier alpha value is -3.87. The van der Waals surface area contributed by atoms with Crippen LogP contribution in [0.1, 0.15) is 64.4 Å². The number of methoxy groups -OCH3 is 1. The maximum absolute atomic E-state index is 13.4. The van der Waals surface area contributed by atoms with E-state index in [1.807, 2.05) is 63.2 Å². The van der Waals surface area contributed by atoms with Crippen LogP contribution < -0.4 is 9.47 Å². The molecule has 0 saturated carbocycles. The van der Waals surface area contributed by atoms with Crippen molar-refractivity contribution in [3.05, 3.63) is 72.6 Å². The third-order valence-corrected chi connectivity index (χ3v) is 7.40. The predicted molar refractivity (Wildman–Crippen MR) is 156 cm³/mol. The fourth-order valence-electron chi connectivity index (χ4n) is 4.87. The van der Waals surface area contributed by atoms with Gasteiger partial charge in [-0.1, -0.05) is 70.2 Å². The van der Waals surface area contributed by atoms with Gasteiger partial charge in [-0.05, 0) is 54.9 Å². The van der Waals surface area contributed by atoms with Crippen molar-refractivity contribution in [3.63, 3.8) is 0 Å². The van der Waals surface area contributed by atoms with Crippen LogP contribution in [0.3, 0.4) is 0 Å². The van der Waals surface area contributed by atoms with Crippen molar-refractivity contribution in [2.24, 2.45) is 17.8 Å². The molecule has 0 aliphatic heterocycles. The zero-order valence-electron chi connectivity index (χ0n) is 24.3. The molecule has 2 aromatic carbocycles. The Morgan fingerprint density at radius 3 is 2.10 bits per heavy atom. The largest absolute Gasteiger partial charge is 0.503 e. The lowest BCUT2D eigenvalue weighted by atomic mass is 9.89. The number of nitrogens with zero attached hydrogens (tertiary/aromatic N) is 1. The number of ether oxygens (including phenoxy) is 3. The highest BCUT2D eigenvalue weighted by Gasteiger charge is 2.34. The van der Waals surface area contributed by atoms with Crippen molar-refractivity contribution >= 4 is 11.8 Å². The Morgan fingerprint density at radius 2 is 1.52 bits per heavy atom. The van der Waals surface area contributed by atoms with E-state index in [1.165, 1.54) is 19.4 Å². The van der Waals surface area contributed by atoms with E-state index in [-0.39, 0.29) is 41.6 Å². The van der Waals surface area contributed by atoms with Crippen molar-refractivity contribution in [2.45, 2.75) is 66.1 Å². The molecule has 0 spiro atoms. The molecule has 0 amide bonds. The average molecular weight is 548 g/mol. The topological polar surface area (TPSA) is 95.0 Å². The van der Waals surface area contributed by atoms with E-state index in [9.17, 15) is 14.7 Å². The monoisotopic (exact) mass is 547 g/mol. The maximum Gasteiger partial charge on any atom is 0.310 e. The lowest BCUT2D eigenvalue weighted by Gasteiger charge is -2.32. The molecule has 0 fully saturated rings. The molecule has 7 nitrogen and oxygen atoms in total. The summed E-state index contributed by atoms with van der Waals surface area (Å²) in [5.41, 5.74) is 2.09. The second-order valence-electron chi connectivity index (χ2n) is 10.4. The van der Waals surface area contributed by atoms with E-state index in [4.69, 9.17) is 14.2 Å². The van der Waals surface area contributed by atoms with Crippen molar-refractivity contribution in [1.29, 1.82) is 0 Å². The summed E-state index contributed by atoms with van der Waals surface area (Å²) in [4.78, 5) is 30.4. The number of ketones is 1. The lowest BCUT2D eigenvalue weighted by molar-refractivity contribution is -0.161. The van der Waals surface area contributed by atoms with Crippen molar-refractivity contribution < 1.29 is 28.9 Å². The third kappa shape index (κ3) is 7.62. The fourth-order valence-corrected chi connectivity index (χ4v) is 4.87. The maximum atomic E-state index is 13.4. The van der Waals surface area contributed by atoms with Gasteiger partial charge in [0.15, 0.2) is 23.0 Å². The summed E-state index contributed by atoms with van der Waals surface area (Å²) in [6.45, 7) is 9.77. The lowest BCUT2D eigenvalue weighted by Crippen LogP contribution is -2.41. The van der Waals surface area contributed by atoms with Gasteiger partial charge in [0.05, 0.1) is 13.0 Å². The van der Waals surface area contributed by atoms with Crippen molar-refractivity contribution in [2.75, 3.05) is 7.11 Å². The molecule has 214 valence electrons. The van der Waals surface area contributed by atoms with E-state index in [1.54, 1.807) is 0 Å². The van der Waals surface area contributed by atoms with E-state index in [0.29, 0.717) is 5.75 Å². The number of esters is 1. The molecule has 40 heavy (non-hydrogen) atoms. The first kappa shape index (κ1) is 30.7. The Kier molecular flexibility index (Phi) is 11.1. The van der Waals surface area contributed by atoms with Gasteiger partial charge in [0.2, 0.25) is 0 Å². The van der Waals surface area contributed by atoms with Crippen LogP contribution in [0.2, 0.25) is 0 Å². The van der Waals surface area contributed by atoms with Gasteiger partial charge < -0.3 is 19.3 Å². The zero-order chi connectivity index (χ0) is 29.2. The molecular formula is C33H41NO6. The second-order valence-corrected chi connectivity index (χ2v) is 10.4. The van der Waals surface area contributed by atoms with Crippen LogP contribution >= 0.6 is 0 Å². The van der Waals surface area contributed by atoms with Gasteiger partial charge in [0.25, 0.3) is 0 Å². The number of carbonyl (C=O) groups is 2. The third-order valence-electron chi connectivity index (χ3n) is 7.40. The molecule has 0 unspecified atom stereocenters. The van der Waals surface area contributed by atoms with E-state index in [0.717, 1.165) is 24.0 Å². The predicted octanol–water partition coefficient (Wildman–Crippen LogP) is 7.12. The molecule has 0 saturated heterocycles. The Balaban J connectivity index is 1.75. The first-order valence-corrected chi connectivity index (χ1v) is 14.0. The minimum Gasteiger partial charge on any atom is -0.503 e. The highest BCUT2D eigenvalue weighted by atomic mass is 16.6. The molecular weight excluding hydrogens is 506 g/mol. The molecule has 3 atom stereocenters. The van der Waals surface area contributed by atoms with Gasteiger partial charge in [-0.15, -0.1) is 0 Å². The molecule has 0 aliphatic rings. The molecule has 0 bridgehead atoms. The van der Waals surface area contributed by atoms with Crippen LogP contribution in [0.4, 0.5) is 0 Å². The summed E-state index contributed by atoms with van der Waals surface area (Å²) >= 11 is 0. The number of rotatable bonds is 14. The highest BCUT2D eigenvalue weighted by Crippen LogP contribution is 2.31. The van der Waals surface area contributed by atoms with E-state index >= 15 is 0 Å². The second kappa shape index (κ2) is 14.5. The summed E-state index contributed by atoms with van der Waals surface area (Å²) in [5.74, 6) is -1.13. The number of carbonyl (C=O) groups excluding carboxylic acids is 2. The quantitative estimate of drug-likeness (QED) is 0.170. The Bertz CT molecular complexity index is 1240. The Labute approximate surface area is 237 Å². The minimum absolute atomic E-state index is 0.122. The SMILES string of the molecule is CCC(CC)[C@@H](Oc1ccc(-c2ccccc2)cc1)[C@H](C)OC(=O)[C@@H](CC(=O)c1nccc(OC)c1O)C(C)C. The number of hydrogen-bond donors (Lipinski definition) is 1. The zero-order valence-corrected chi connectivity index (χ0v) is 24.3. The summed E-state index contributed by atoms with van der Waals surface area (Å²) in [5, 5.41) is 10.4. The van der Waals surface area contributed by atoms with Gasteiger partial charge in [-0.3, -0.25) is 9.59 Å². The smallest absolute Gasteiger partial charge is 0.310 e. The molecule has 0 aliphatic carbocycles. The van der Waals surface area contributed by atoms with Gasteiger partial charge in [0.1, 0.15) is 18.0 Å². The van der Waals surface area contributed by atoms with Crippen molar-refractivity contribution in [1.82, 2.24) is 4.98 Å². The van der Waals surface area contributed by atoms with Crippen LogP contribution in [0.15, 0.2) is 66.9 Å². The summed E-state index contributed by atoms with van der Waals surface area (Å²) < 4.78 is 17.5. The van der Waals surface area contributed by atoms with Gasteiger partial charge in [0, 0.05) is 18.7 Å². The first-order valence-electron chi connectivity index (χ1n) is 14.0. The number of Topliss-reactive ketones (excluding diaryl/α,β-unsaturated/α-hetero) is 1. The van der Waals surface area contributed by atoms with Crippen LogP contribution in [0.25, 0.3) is 11.1 Å². The Morgan fingerprint density at radius 1 is 0.900 bits per heavy atom. The first-order chi connectivity index (χ1) is 19.2. The number of benzene rings is 2. The molecule has 0 radical (unpaired) electrons. The molecule has 7 heteroatoms. The fraction of sp³-hybridized carbons (Fsp3) is 0.424. The highest BCUT2D eigenvalue weighted by molar-refractivity contribution is 5.99. The van der Waals surface area contributed by atoms with Crippen LogP contribution in [-0.4, -0.2) is 41.2 Å². The summed E-state index contributed by atoms with van der Waals surface area (Å²) in [6.07, 6.45) is 2.05. The molecule has 3 aromatic rings. The van der Waals surface area contributed by atoms with Gasteiger partial charge in [-0.25, -0.2) is 4.98 Å². The number of pyridine rings is 1. The number of aromatic nitrogens is 1. The van der Waals surface area contributed by atoms with Crippen molar-refractivity contribution in [3.8, 4) is 28.4 Å². The van der Waals surface area contributed by atoms with Gasteiger partial charge in [-0.2, -0.15) is 0 Å². The minimum atomic E-state index is -0.713. The molecule has 1 N–H and O–H groups in total. The van der Waals surface area contributed by atoms with Gasteiger partial charge >= 0.3 is 5.97 Å². The molecule has 1 aromatic heterocycles. The van der Waals surface area contributed by atoms with Crippen LogP contribution in [-0.2, 0) is 9.53 Å². The normalized spacial score (nSPS) is 13.5. The van der Waals surface area contributed by atoms with E-state index in [2.05, 4.69) is 31.0 Å². The molecule has 3 rings (SSSR count). The number of hydrogen-bond acceptors (Lipinski definition) is 7.